The maximum Gasteiger partial charge on any atom is 0.273 e. The number of aryl methyl sites for hydroxylation is 1. The topological polar surface area (TPSA) is 65.2 Å². The zero-order valence-corrected chi connectivity index (χ0v) is 16.4. The third-order valence-electron chi connectivity index (χ3n) is 6.32. The van der Waals surface area contributed by atoms with Crippen molar-refractivity contribution in [3.63, 3.8) is 0 Å². The summed E-state index contributed by atoms with van der Waals surface area (Å²) in [5, 5.41) is 4.18. The van der Waals surface area contributed by atoms with Gasteiger partial charge in [-0.25, -0.2) is 0 Å². The van der Waals surface area contributed by atoms with E-state index < -0.39 is 5.66 Å². The van der Waals surface area contributed by atoms with Crippen molar-refractivity contribution in [3.8, 4) is 0 Å². The lowest BCUT2D eigenvalue weighted by Gasteiger charge is -2.44. The molecule has 0 spiro atoms. The molecule has 2 aliphatic rings. The maximum atomic E-state index is 13.8. The van der Waals surface area contributed by atoms with Gasteiger partial charge in [0.25, 0.3) is 5.91 Å². The van der Waals surface area contributed by atoms with Crippen molar-refractivity contribution >= 4 is 22.5 Å². The molecule has 2 N–H and O–H groups in total. The van der Waals surface area contributed by atoms with Crippen molar-refractivity contribution in [1.82, 2.24) is 9.88 Å². The quantitative estimate of drug-likeness (QED) is 0.511. The van der Waals surface area contributed by atoms with Crippen LogP contribution in [0.5, 0.6) is 0 Å². The van der Waals surface area contributed by atoms with Crippen LogP contribution in [0.3, 0.4) is 0 Å². The molecular weight excluding hydrogens is 374 g/mol. The standard InChI is InChI=1S/C25H19N3O2/c1-15-8-7-12-18-21(15)26-22-20(23(18)29)25(17-10-3-2-4-11-17)27-19-13-6-5-9-16(19)14-28(25)24(22)30/h2-13,27H,14H2,1H3,(H,26,29). The SMILES string of the molecule is Cc1cccc2c(=O)c3c([nH]c12)C(=O)N1Cc2ccccc2NC31c1ccccc1. The average Bonchev–Trinajstić information content (AvgIpc) is 3.03. The van der Waals surface area contributed by atoms with Gasteiger partial charge in [0.05, 0.1) is 17.6 Å². The fraction of sp³-hybridized carbons (Fsp3) is 0.120. The second-order valence-electron chi connectivity index (χ2n) is 7.95. The molecular formula is C25H19N3O2. The molecule has 2 aliphatic heterocycles. The molecule has 30 heavy (non-hydrogen) atoms. The predicted octanol–water partition coefficient (Wildman–Crippen LogP) is 4.12. The van der Waals surface area contributed by atoms with Crippen LogP contribution in [0.2, 0.25) is 0 Å². The lowest BCUT2D eigenvalue weighted by Crippen LogP contribution is -2.54. The molecule has 0 saturated carbocycles. The van der Waals surface area contributed by atoms with Gasteiger partial charge in [-0.3, -0.25) is 9.59 Å². The zero-order valence-electron chi connectivity index (χ0n) is 16.4. The summed E-state index contributed by atoms with van der Waals surface area (Å²) in [6, 6.07) is 23.3. The van der Waals surface area contributed by atoms with Crippen LogP contribution in [0.4, 0.5) is 5.69 Å². The Morgan fingerprint density at radius 2 is 1.67 bits per heavy atom. The second kappa shape index (κ2) is 5.83. The van der Waals surface area contributed by atoms with Crippen LogP contribution in [0.25, 0.3) is 10.9 Å². The fourth-order valence-electron chi connectivity index (χ4n) is 4.90. The molecule has 3 heterocycles. The number of aromatic nitrogens is 1. The predicted molar refractivity (Wildman–Crippen MR) is 116 cm³/mol. The Hall–Kier alpha value is -3.86. The monoisotopic (exact) mass is 393 g/mol. The van der Waals surface area contributed by atoms with E-state index in [-0.39, 0.29) is 11.3 Å². The minimum Gasteiger partial charge on any atom is -0.355 e. The molecule has 1 unspecified atom stereocenters. The minimum atomic E-state index is -1.05. The molecule has 146 valence electrons. The number of nitrogens with zero attached hydrogens (tertiary/aromatic N) is 1. The van der Waals surface area contributed by atoms with Crippen molar-refractivity contribution in [3.05, 3.63) is 111 Å². The number of carbonyl (C=O) groups excluding carboxylic acids is 1. The van der Waals surface area contributed by atoms with E-state index in [9.17, 15) is 9.59 Å². The van der Waals surface area contributed by atoms with E-state index in [1.54, 1.807) is 4.90 Å². The van der Waals surface area contributed by atoms with Gasteiger partial charge in [-0.15, -0.1) is 0 Å². The number of hydrogen-bond acceptors (Lipinski definition) is 3. The van der Waals surface area contributed by atoms with Crippen molar-refractivity contribution in [2.24, 2.45) is 0 Å². The number of para-hydroxylation sites is 2. The van der Waals surface area contributed by atoms with Gasteiger partial charge in [0.15, 0.2) is 11.1 Å². The fourth-order valence-corrected chi connectivity index (χ4v) is 4.90. The molecule has 0 saturated heterocycles. The van der Waals surface area contributed by atoms with E-state index in [0.29, 0.717) is 23.2 Å². The number of nitrogens with one attached hydrogen (secondary N) is 2. The first-order valence-corrected chi connectivity index (χ1v) is 10.0. The number of anilines is 1. The van der Waals surface area contributed by atoms with Gasteiger partial charge in [-0.1, -0.05) is 60.7 Å². The van der Waals surface area contributed by atoms with Gasteiger partial charge in [0, 0.05) is 16.6 Å². The molecule has 3 aromatic carbocycles. The van der Waals surface area contributed by atoms with Crippen LogP contribution in [-0.2, 0) is 12.2 Å². The zero-order chi connectivity index (χ0) is 20.5. The molecule has 4 aromatic rings. The highest BCUT2D eigenvalue weighted by molar-refractivity contribution is 6.03. The number of rotatable bonds is 1. The van der Waals surface area contributed by atoms with E-state index in [0.717, 1.165) is 27.9 Å². The number of H-pyrrole nitrogens is 1. The summed E-state index contributed by atoms with van der Waals surface area (Å²) >= 11 is 0. The molecule has 0 radical (unpaired) electrons. The van der Waals surface area contributed by atoms with E-state index in [1.807, 2.05) is 79.7 Å². The summed E-state index contributed by atoms with van der Waals surface area (Å²) in [4.78, 5) is 32.6. The van der Waals surface area contributed by atoms with E-state index in [1.165, 1.54) is 0 Å². The Labute approximate surface area is 173 Å². The average molecular weight is 393 g/mol. The van der Waals surface area contributed by atoms with Crippen LogP contribution in [-0.4, -0.2) is 15.8 Å². The van der Waals surface area contributed by atoms with Crippen LogP contribution in [0, 0.1) is 6.92 Å². The molecule has 0 aliphatic carbocycles. The normalized spacial score (nSPS) is 19.2. The Morgan fingerprint density at radius 1 is 0.900 bits per heavy atom. The number of aromatic amines is 1. The highest BCUT2D eigenvalue weighted by Crippen LogP contribution is 2.47. The Morgan fingerprint density at radius 3 is 2.50 bits per heavy atom. The summed E-state index contributed by atoms with van der Waals surface area (Å²) in [5.41, 5.74) is 4.15. The van der Waals surface area contributed by atoms with E-state index >= 15 is 0 Å². The van der Waals surface area contributed by atoms with Gasteiger partial charge in [-0.2, -0.15) is 0 Å². The van der Waals surface area contributed by atoms with Gasteiger partial charge in [0.2, 0.25) is 0 Å². The van der Waals surface area contributed by atoms with Crippen LogP contribution >= 0.6 is 0 Å². The number of hydrogen-bond donors (Lipinski definition) is 2. The summed E-state index contributed by atoms with van der Waals surface area (Å²) in [6.45, 7) is 2.37. The van der Waals surface area contributed by atoms with Gasteiger partial charge >= 0.3 is 0 Å². The first-order chi connectivity index (χ1) is 14.6. The first-order valence-electron chi connectivity index (χ1n) is 10.0. The number of fused-ring (bicyclic) bond motifs is 5. The molecule has 5 heteroatoms. The van der Waals surface area contributed by atoms with E-state index in [4.69, 9.17) is 0 Å². The summed E-state index contributed by atoms with van der Waals surface area (Å²) in [5.74, 6) is -0.168. The summed E-state index contributed by atoms with van der Waals surface area (Å²) < 4.78 is 0. The van der Waals surface area contributed by atoms with Gasteiger partial charge in [-0.05, 0) is 30.2 Å². The Bertz CT molecular complexity index is 1410. The maximum absolute atomic E-state index is 13.8. The minimum absolute atomic E-state index is 0.117. The number of pyridine rings is 1. The van der Waals surface area contributed by atoms with Crippen LogP contribution < -0.4 is 10.7 Å². The largest absolute Gasteiger partial charge is 0.355 e. The third kappa shape index (κ3) is 2.01. The number of carbonyl (C=O) groups is 1. The molecule has 1 amide bonds. The molecule has 1 atom stereocenters. The summed E-state index contributed by atoms with van der Waals surface area (Å²) in [7, 11) is 0. The van der Waals surface area contributed by atoms with Gasteiger partial charge in [0.1, 0.15) is 5.69 Å². The van der Waals surface area contributed by atoms with Crippen molar-refractivity contribution in [2.75, 3.05) is 5.32 Å². The summed E-state index contributed by atoms with van der Waals surface area (Å²) in [6.07, 6.45) is 0. The van der Waals surface area contributed by atoms with Crippen molar-refractivity contribution in [2.45, 2.75) is 19.1 Å². The third-order valence-corrected chi connectivity index (χ3v) is 6.32. The Balaban J connectivity index is 1.75. The van der Waals surface area contributed by atoms with E-state index in [2.05, 4.69) is 10.3 Å². The Kier molecular flexibility index (Phi) is 3.31. The molecule has 5 nitrogen and oxygen atoms in total. The number of amides is 1. The molecule has 1 aromatic heterocycles. The van der Waals surface area contributed by atoms with Crippen LogP contribution in [0.1, 0.15) is 32.7 Å². The lowest BCUT2D eigenvalue weighted by atomic mass is 9.88. The second-order valence-corrected chi connectivity index (χ2v) is 7.95. The van der Waals surface area contributed by atoms with Crippen LogP contribution in [0.15, 0.2) is 77.6 Å². The van der Waals surface area contributed by atoms with Crippen molar-refractivity contribution in [1.29, 1.82) is 0 Å². The molecule has 6 rings (SSSR count). The van der Waals surface area contributed by atoms with Gasteiger partial charge < -0.3 is 15.2 Å². The highest BCUT2D eigenvalue weighted by atomic mass is 16.2. The lowest BCUT2D eigenvalue weighted by molar-refractivity contribution is 0.0624. The molecule has 0 bridgehead atoms. The smallest absolute Gasteiger partial charge is 0.273 e. The van der Waals surface area contributed by atoms with Crippen molar-refractivity contribution < 1.29 is 4.79 Å². The number of benzene rings is 3. The highest BCUT2D eigenvalue weighted by Gasteiger charge is 2.55. The first kappa shape index (κ1) is 17.0. The molecule has 0 fully saturated rings.